The van der Waals surface area contributed by atoms with Crippen LogP contribution in [-0.2, 0) is 13.0 Å². The molecule has 1 fully saturated rings. The molecule has 0 saturated carbocycles. The highest BCUT2D eigenvalue weighted by Crippen LogP contribution is 2.50. The lowest BCUT2D eigenvalue weighted by atomic mass is 10.0. The molecule has 1 saturated heterocycles. The van der Waals surface area contributed by atoms with Crippen molar-refractivity contribution < 1.29 is 0 Å². The van der Waals surface area contributed by atoms with Crippen LogP contribution in [0.3, 0.4) is 0 Å². The monoisotopic (exact) mass is 570 g/mol. The smallest absolute Gasteiger partial charge is 0.0409 e. The maximum Gasteiger partial charge on any atom is 0.0409 e. The fraction of sp³-hybridized carbons (Fsp3) is 0.294. The number of thioether (sulfide) groups is 1. The minimum atomic E-state index is 0.390. The predicted molar refractivity (Wildman–Crippen MR) is 168 cm³/mol. The van der Waals surface area contributed by atoms with Crippen molar-refractivity contribution in [1.82, 2.24) is 9.80 Å². The maximum absolute atomic E-state index is 6.46. The van der Waals surface area contributed by atoms with Crippen LogP contribution in [0.2, 0.25) is 5.02 Å². The first-order valence-electron chi connectivity index (χ1n) is 14.0. The van der Waals surface area contributed by atoms with Crippen molar-refractivity contribution in [2.75, 3.05) is 32.7 Å². The molecule has 6 rings (SSSR count). The van der Waals surface area contributed by atoms with Crippen LogP contribution in [0.5, 0.6) is 0 Å². The molecule has 4 aromatic rings. The van der Waals surface area contributed by atoms with E-state index in [9.17, 15) is 0 Å². The number of piperazine rings is 1. The summed E-state index contributed by atoms with van der Waals surface area (Å²) in [6.45, 7) is 6.77. The SMILES string of the molecule is Clc1ccc2c(c1)C[C@@H](S[C@@H](CCN1CCN(Cc3ccccc3)CC1)c1ccccc1)c1ccccc1S2. The number of halogens is 1. The molecule has 39 heavy (non-hydrogen) atoms. The third-order valence-electron chi connectivity index (χ3n) is 7.83. The van der Waals surface area contributed by atoms with Crippen molar-refractivity contribution in [3.63, 3.8) is 0 Å². The number of nitrogens with zero attached hydrogens (tertiary/aromatic N) is 2. The topological polar surface area (TPSA) is 6.48 Å². The first-order chi connectivity index (χ1) is 19.2. The first-order valence-corrected chi connectivity index (χ1v) is 16.1. The molecular weight excluding hydrogens is 536 g/mol. The van der Waals surface area contributed by atoms with Crippen LogP contribution >= 0.6 is 35.1 Å². The average Bonchev–Trinajstić information content (AvgIpc) is 3.13. The van der Waals surface area contributed by atoms with Gasteiger partial charge in [-0.05, 0) is 65.9 Å². The van der Waals surface area contributed by atoms with Gasteiger partial charge >= 0.3 is 0 Å². The van der Waals surface area contributed by atoms with Crippen LogP contribution in [0.15, 0.2) is 113 Å². The number of rotatable bonds is 8. The Morgan fingerprint density at radius 3 is 2.26 bits per heavy atom. The molecule has 0 bridgehead atoms. The molecule has 0 aliphatic carbocycles. The van der Waals surface area contributed by atoms with E-state index >= 15 is 0 Å². The summed E-state index contributed by atoms with van der Waals surface area (Å²) in [7, 11) is 0. The fourth-order valence-electron chi connectivity index (χ4n) is 5.69. The van der Waals surface area contributed by atoms with Gasteiger partial charge in [-0.3, -0.25) is 4.90 Å². The van der Waals surface area contributed by atoms with Crippen LogP contribution < -0.4 is 0 Å². The third kappa shape index (κ3) is 6.93. The molecule has 0 spiro atoms. The Morgan fingerprint density at radius 2 is 1.46 bits per heavy atom. The molecule has 2 atom stereocenters. The van der Waals surface area contributed by atoms with E-state index in [1.54, 1.807) is 0 Å². The molecule has 0 amide bonds. The lowest BCUT2D eigenvalue weighted by Crippen LogP contribution is -2.46. The molecule has 2 aliphatic rings. The Bertz CT molecular complexity index is 1360. The summed E-state index contributed by atoms with van der Waals surface area (Å²) in [5.41, 5.74) is 5.67. The van der Waals surface area contributed by atoms with Gasteiger partial charge in [0.1, 0.15) is 0 Å². The van der Waals surface area contributed by atoms with Gasteiger partial charge in [-0.1, -0.05) is 102 Å². The van der Waals surface area contributed by atoms with Gasteiger partial charge in [0.2, 0.25) is 0 Å². The van der Waals surface area contributed by atoms with Crippen molar-refractivity contribution in [2.45, 2.75) is 39.7 Å². The molecule has 4 aromatic carbocycles. The highest BCUT2D eigenvalue weighted by atomic mass is 35.5. The standard InChI is InChI=1S/C34H35ClN2S2/c35-29-15-16-31-28(23-29)24-34(30-13-7-8-14-33(30)38-31)39-32(27-11-5-2-6-12-27)17-18-36-19-21-37(22-20-36)25-26-9-3-1-4-10-26/h1-16,23,32,34H,17-22,24-25H2/t32-,34+/m0/s1. The zero-order valence-corrected chi connectivity index (χ0v) is 24.6. The Hall–Kier alpha value is -2.21. The van der Waals surface area contributed by atoms with E-state index in [-0.39, 0.29) is 0 Å². The molecule has 0 N–H and O–H groups in total. The van der Waals surface area contributed by atoms with E-state index in [4.69, 9.17) is 11.6 Å². The second-order valence-electron chi connectivity index (χ2n) is 10.5. The summed E-state index contributed by atoms with van der Waals surface area (Å²) in [6.07, 6.45) is 2.16. The molecule has 0 radical (unpaired) electrons. The van der Waals surface area contributed by atoms with Crippen LogP contribution in [0.25, 0.3) is 0 Å². The van der Waals surface area contributed by atoms with Crippen LogP contribution in [-0.4, -0.2) is 42.5 Å². The number of hydrogen-bond donors (Lipinski definition) is 0. The quantitative estimate of drug-likeness (QED) is 0.209. The van der Waals surface area contributed by atoms with Crippen molar-refractivity contribution >= 4 is 35.1 Å². The van der Waals surface area contributed by atoms with Gasteiger partial charge in [0.05, 0.1) is 0 Å². The van der Waals surface area contributed by atoms with E-state index in [2.05, 4.69) is 119 Å². The Kier molecular flexibility index (Phi) is 8.97. The summed E-state index contributed by atoms with van der Waals surface area (Å²) in [5.74, 6) is 0. The third-order valence-corrected chi connectivity index (χ3v) is 10.9. The van der Waals surface area contributed by atoms with Crippen molar-refractivity contribution in [3.8, 4) is 0 Å². The minimum absolute atomic E-state index is 0.390. The molecule has 5 heteroatoms. The van der Waals surface area contributed by atoms with E-state index in [1.165, 1.54) is 32.0 Å². The minimum Gasteiger partial charge on any atom is -0.301 e. The molecule has 200 valence electrons. The number of benzene rings is 4. The highest BCUT2D eigenvalue weighted by Gasteiger charge is 2.27. The predicted octanol–water partition coefficient (Wildman–Crippen LogP) is 8.77. The van der Waals surface area contributed by atoms with E-state index in [0.29, 0.717) is 10.5 Å². The van der Waals surface area contributed by atoms with Gasteiger partial charge in [0, 0.05) is 58.0 Å². The van der Waals surface area contributed by atoms with Crippen molar-refractivity contribution in [1.29, 1.82) is 0 Å². The summed E-state index contributed by atoms with van der Waals surface area (Å²) < 4.78 is 0. The van der Waals surface area contributed by atoms with Gasteiger partial charge in [-0.2, -0.15) is 0 Å². The van der Waals surface area contributed by atoms with Crippen LogP contribution in [0.1, 0.15) is 39.2 Å². The molecule has 2 aliphatic heterocycles. The lowest BCUT2D eigenvalue weighted by Gasteiger charge is -2.35. The zero-order chi connectivity index (χ0) is 26.4. The van der Waals surface area contributed by atoms with Gasteiger partial charge in [0.25, 0.3) is 0 Å². The molecule has 2 nitrogen and oxygen atoms in total. The second kappa shape index (κ2) is 13.0. The largest absolute Gasteiger partial charge is 0.301 e. The number of fused-ring (bicyclic) bond motifs is 2. The Balaban J connectivity index is 1.16. The second-order valence-corrected chi connectivity index (χ2v) is 13.4. The van der Waals surface area contributed by atoms with Gasteiger partial charge in [-0.25, -0.2) is 0 Å². The van der Waals surface area contributed by atoms with Crippen molar-refractivity contribution in [2.24, 2.45) is 0 Å². The van der Waals surface area contributed by atoms with Gasteiger partial charge in [-0.15, -0.1) is 11.8 Å². The van der Waals surface area contributed by atoms with Gasteiger partial charge in [0.15, 0.2) is 0 Å². The summed E-state index contributed by atoms with van der Waals surface area (Å²) in [5, 5.41) is 1.66. The molecule has 2 heterocycles. The Morgan fingerprint density at radius 1 is 0.769 bits per heavy atom. The van der Waals surface area contributed by atoms with E-state index < -0.39 is 0 Å². The molecule has 0 unspecified atom stereocenters. The number of hydrogen-bond acceptors (Lipinski definition) is 4. The highest BCUT2D eigenvalue weighted by molar-refractivity contribution is 8.00. The van der Waals surface area contributed by atoms with E-state index in [0.717, 1.165) is 57.1 Å². The summed E-state index contributed by atoms with van der Waals surface area (Å²) >= 11 is 10.5. The van der Waals surface area contributed by atoms with Gasteiger partial charge < -0.3 is 4.90 Å². The maximum atomic E-state index is 6.46. The normalized spacial score (nSPS) is 18.6. The average molecular weight is 571 g/mol. The zero-order valence-electron chi connectivity index (χ0n) is 22.2. The molecule has 0 aromatic heterocycles. The summed E-state index contributed by atoms with van der Waals surface area (Å²) in [6, 6.07) is 37.4. The lowest BCUT2D eigenvalue weighted by molar-refractivity contribution is 0.126. The fourth-order valence-corrected chi connectivity index (χ4v) is 8.66. The first kappa shape index (κ1) is 27.0. The molecular formula is C34H35ClN2S2. The summed E-state index contributed by atoms with van der Waals surface area (Å²) in [4.78, 5) is 7.97. The van der Waals surface area contributed by atoms with Crippen LogP contribution in [0.4, 0.5) is 0 Å². The van der Waals surface area contributed by atoms with Crippen LogP contribution in [0, 0.1) is 0 Å². The van der Waals surface area contributed by atoms with E-state index in [1.807, 2.05) is 17.8 Å². The Labute approximate surface area is 246 Å². The van der Waals surface area contributed by atoms with Crippen molar-refractivity contribution in [3.05, 3.63) is 130 Å².